The first-order chi connectivity index (χ1) is 7.42. The number of hydrogen-bond acceptors (Lipinski definition) is 4. The molecule has 4 heteroatoms. The zero-order valence-electron chi connectivity index (χ0n) is 8.89. The molecule has 1 aromatic heterocycles. The van der Waals surface area contributed by atoms with E-state index in [9.17, 15) is 0 Å². The maximum atomic E-state index is 5.62. The summed E-state index contributed by atoms with van der Waals surface area (Å²) in [5.41, 5.74) is 6.90. The second-order valence-corrected chi connectivity index (χ2v) is 3.83. The molecule has 1 atom stereocenters. The van der Waals surface area contributed by atoms with Crippen LogP contribution in [-0.4, -0.2) is 42.6 Å². The molecule has 0 bridgehead atoms. The van der Waals surface area contributed by atoms with E-state index in [1.165, 1.54) is 5.56 Å². The molecule has 1 aliphatic heterocycles. The van der Waals surface area contributed by atoms with Crippen LogP contribution in [0.3, 0.4) is 0 Å². The molecule has 15 heavy (non-hydrogen) atoms. The van der Waals surface area contributed by atoms with E-state index >= 15 is 0 Å². The first-order valence-electron chi connectivity index (χ1n) is 5.46. The molecule has 1 aromatic rings. The SMILES string of the molecule is NCCN1CCNCC1c1cccnc1. The summed E-state index contributed by atoms with van der Waals surface area (Å²) in [6, 6.07) is 4.55. The predicted octanol–water partition coefficient (Wildman–Crippen LogP) is -0.0134. The van der Waals surface area contributed by atoms with Gasteiger partial charge in [-0.25, -0.2) is 0 Å². The first-order valence-corrected chi connectivity index (χ1v) is 5.46. The lowest BCUT2D eigenvalue weighted by atomic mass is 10.1. The Morgan fingerprint density at radius 3 is 3.27 bits per heavy atom. The minimum absolute atomic E-state index is 0.427. The summed E-state index contributed by atoms with van der Waals surface area (Å²) in [4.78, 5) is 6.59. The third-order valence-electron chi connectivity index (χ3n) is 2.84. The number of pyridine rings is 1. The van der Waals surface area contributed by atoms with Gasteiger partial charge < -0.3 is 11.1 Å². The Bertz CT molecular complexity index is 286. The van der Waals surface area contributed by atoms with Gasteiger partial charge in [-0.1, -0.05) is 6.07 Å². The summed E-state index contributed by atoms with van der Waals surface area (Å²) in [5, 5.41) is 3.41. The van der Waals surface area contributed by atoms with Gasteiger partial charge in [-0.05, 0) is 11.6 Å². The molecule has 0 aliphatic carbocycles. The van der Waals surface area contributed by atoms with Crippen molar-refractivity contribution < 1.29 is 0 Å². The highest BCUT2D eigenvalue weighted by atomic mass is 15.2. The average Bonchev–Trinajstić information content (AvgIpc) is 2.31. The number of piperazine rings is 1. The minimum Gasteiger partial charge on any atom is -0.329 e. The van der Waals surface area contributed by atoms with E-state index < -0.39 is 0 Å². The van der Waals surface area contributed by atoms with Crippen LogP contribution in [0.2, 0.25) is 0 Å². The van der Waals surface area contributed by atoms with Crippen LogP contribution in [0.4, 0.5) is 0 Å². The summed E-state index contributed by atoms with van der Waals surface area (Å²) in [6.07, 6.45) is 3.76. The van der Waals surface area contributed by atoms with Crippen molar-refractivity contribution in [1.29, 1.82) is 0 Å². The maximum absolute atomic E-state index is 5.62. The van der Waals surface area contributed by atoms with E-state index in [1.807, 2.05) is 18.5 Å². The number of nitrogens with zero attached hydrogens (tertiary/aromatic N) is 2. The number of aromatic nitrogens is 1. The Morgan fingerprint density at radius 2 is 2.53 bits per heavy atom. The Labute approximate surface area is 90.5 Å². The van der Waals surface area contributed by atoms with Gasteiger partial charge in [-0.15, -0.1) is 0 Å². The van der Waals surface area contributed by atoms with E-state index in [-0.39, 0.29) is 0 Å². The molecule has 3 N–H and O–H groups in total. The largest absolute Gasteiger partial charge is 0.329 e. The highest BCUT2D eigenvalue weighted by Crippen LogP contribution is 2.20. The fourth-order valence-corrected chi connectivity index (χ4v) is 2.08. The number of hydrogen-bond donors (Lipinski definition) is 2. The van der Waals surface area contributed by atoms with Crippen LogP contribution in [0.25, 0.3) is 0 Å². The normalized spacial score (nSPS) is 22.9. The van der Waals surface area contributed by atoms with Gasteiger partial charge in [0.2, 0.25) is 0 Å². The highest BCUT2D eigenvalue weighted by molar-refractivity contribution is 5.15. The second kappa shape index (κ2) is 5.21. The Morgan fingerprint density at radius 1 is 1.60 bits per heavy atom. The molecule has 0 aromatic carbocycles. The van der Waals surface area contributed by atoms with Crippen LogP contribution in [0.1, 0.15) is 11.6 Å². The zero-order valence-corrected chi connectivity index (χ0v) is 8.89. The molecular formula is C11H18N4. The van der Waals surface area contributed by atoms with Crippen LogP contribution in [-0.2, 0) is 0 Å². The van der Waals surface area contributed by atoms with Crippen LogP contribution < -0.4 is 11.1 Å². The quantitative estimate of drug-likeness (QED) is 0.730. The highest BCUT2D eigenvalue weighted by Gasteiger charge is 2.22. The molecule has 0 amide bonds. The predicted molar refractivity (Wildman–Crippen MR) is 60.5 cm³/mol. The van der Waals surface area contributed by atoms with Gasteiger partial charge in [-0.3, -0.25) is 9.88 Å². The van der Waals surface area contributed by atoms with Gasteiger partial charge in [0.05, 0.1) is 0 Å². The van der Waals surface area contributed by atoms with Crippen LogP contribution >= 0.6 is 0 Å². The minimum atomic E-state index is 0.427. The molecule has 0 spiro atoms. The van der Waals surface area contributed by atoms with Crippen LogP contribution in [0.5, 0.6) is 0 Å². The van der Waals surface area contributed by atoms with Gasteiger partial charge in [0.25, 0.3) is 0 Å². The fraction of sp³-hybridized carbons (Fsp3) is 0.545. The Balaban J connectivity index is 2.11. The molecule has 1 fully saturated rings. The summed E-state index contributed by atoms with van der Waals surface area (Å²) in [7, 11) is 0. The van der Waals surface area contributed by atoms with Gasteiger partial charge in [0.15, 0.2) is 0 Å². The molecule has 0 saturated carbocycles. The molecule has 2 rings (SSSR count). The summed E-state index contributed by atoms with van der Waals surface area (Å²) >= 11 is 0. The average molecular weight is 206 g/mol. The first kappa shape index (κ1) is 10.5. The van der Waals surface area contributed by atoms with E-state index in [1.54, 1.807) is 0 Å². The zero-order chi connectivity index (χ0) is 10.5. The van der Waals surface area contributed by atoms with Crippen molar-refractivity contribution in [2.45, 2.75) is 6.04 Å². The van der Waals surface area contributed by atoms with Crippen molar-refractivity contribution in [2.75, 3.05) is 32.7 Å². The molecule has 0 radical (unpaired) electrons. The number of rotatable bonds is 3. The smallest absolute Gasteiger partial charge is 0.0488 e. The third-order valence-corrected chi connectivity index (χ3v) is 2.84. The molecule has 2 heterocycles. The van der Waals surface area contributed by atoms with Gasteiger partial charge in [0.1, 0.15) is 0 Å². The lowest BCUT2D eigenvalue weighted by molar-refractivity contribution is 0.166. The molecule has 82 valence electrons. The molecule has 1 unspecified atom stereocenters. The van der Waals surface area contributed by atoms with Gasteiger partial charge >= 0.3 is 0 Å². The monoisotopic (exact) mass is 206 g/mol. The standard InChI is InChI=1S/C11H18N4/c12-3-6-15-7-5-14-9-11(15)10-2-1-4-13-8-10/h1-2,4,8,11,14H,3,5-7,9,12H2. The van der Waals surface area contributed by atoms with Gasteiger partial charge in [0, 0.05) is 51.2 Å². The number of nitrogens with one attached hydrogen (secondary N) is 1. The van der Waals surface area contributed by atoms with E-state index in [4.69, 9.17) is 5.73 Å². The van der Waals surface area contributed by atoms with E-state index in [0.29, 0.717) is 6.04 Å². The van der Waals surface area contributed by atoms with E-state index in [2.05, 4.69) is 21.3 Å². The summed E-state index contributed by atoms with van der Waals surface area (Å²) in [5.74, 6) is 0. The molecular weight excluding hydrogens is 188 g/mol. The van der Waals surface area contributed by atoms with Crippen molar-refractivity contribution >= 4 is 0 Å². The molecule has 4 nitrogen and oxygen atoms in total. The summed E-state index contributed by atoms with van der Waals surface area (Å²) in [6.45, 7) is 4.79. The fourth-order valence-electron chi connectivity index (χ4n) is 2.08. The lowest BCUT2D eigenvalue weighted by Crippen LogP contribution is -2.47. The molecule has 1 aliphatic rings. The van der Waals surface area contributed by atoms with Crippen LogP contribution in [0.15, 0.2) is 24.5 Å². The van der Waals surface area contributed by atoms with Crippen molar-refractivity contribution in [1.82, 2.24) is 15.2 Å². The second-order valence-electron chi connectivity index (χ2n) is 3.83. The van der Waals surface area contributed by atoms with Gasteiger partial charge in [-0.2, -0.15) is 0 Å². The van der Waals surface area contributed by atoms with E-state index in [0.717, 1.165) is 32.7 Å². The van der Waals surface area contributed by atoms with Crippen molar-refractivity contribution in [3.63, 3.8) is 0 Å². The van der Waals surface area contributed by atoms with Crippen molar-refractivity contribution in [3.8, 4) is 0 Å². The summed E-state index contributed by atoms with van der Waals surface area (Å²) < 4.78 is 0. The molecule has 1 saturated heterocycles. The topological polar surface area (TPSA) is 54.2 Å². The van der Waals surface area contributed by atoms with Crippen molar-refractivity contribution in [2.24, 2.45) is 5.73 Å². The Kier molecular flexibility index (Phi) is 3.66. The van der Waals surface area contributed by atoms with Crippen LogP contribution in [0, 0.1) is 0 Å². The third kappa shape index (κ3) is 2.53. The maximum Gasteiger partial charge on any atom is 0.0488 e. The lowest BCUT2D eigenvalue weighted by Gasteiger charge is -2.36. The Hall–Kier alpha value is -0.970. The van der Waals surface area contributed by atoms with Crippen molar-refractivity contribution in [3.05, 3.63) is 30.1 Å². The number of nitrogens with two attached hydrogens (primary N) is 1.